The number of benzene rings is 2. The summed E-state index contributed by atoms with van der Waals surface area (Å²) < 4.78 is 44.4. The van der Waals surface area contributed by atoms with E-state index >= 15 is 0 Å². The molecular formula is C21H21F3N2O3. The molecule has 0 spiro atoms. The molecule has 0 radical (unpaired) electrons. The molecule has 3 rings (SSSR count). The van der Waals surface area contributed by atoms with Crippen LogP contribution in [0.15, 0.2) is 42.5 Å². The van der Waals surface area contributed by atoms with Crippen molar-refractivity contribution in [1.82, 2.24) is 0 Å². The Morgan fingerprint density at radius 1 is 1.21 bits per heavy atom. The topological polar surface area (TPSA) is 58.6 Å². The van der Waals surface area contributed by atoms with E-state index in [2.05, 4.69) is 5.32 Å². The second kappa shape index (κ2) is 7.42. The average Bonchev–Trinajstić information content (AvgIpc) is 2.76. The number of ether oxygens (including phenoxy) is 1. The van der Waals surface area contributed by atoms with E-state index < -0.39 is 23.1 Å². The maximum Gasteiger partial charge on any atom is 0.416 e. The SMILES string of the molecule is CCN1C(=O)C(C)(C)COc2cc(NC(=O)c3cccc(C(F)(F)F)c3)ccc21. The van der Waals surface area contributed by atoms with Gasteiger partial charge in [0.25, 0.3) is 5.91 Å². The Labute approximate surface area is 166 Å². The zero-order valence-corrected chi connectivity index (χ0v) is 16.3. The molecule has 1 N–H and O–H groups in total. The maximum atomic E-state index is 12.9. The van der Waals surface area contributed by atoms with Crippen molar-refractivity contribution >= 4 is 23.2 Å². The van der Waals surface area contributed by atoms with Crippen molar-refractivity contribution in [2.24, 2.45) is 5.41 Å². The van der Waals surface area contributed by atoms with E-state index in [1.807, 2.05) is 6.92 Å². The molecule has 1 aliphatic rings. The molecule has 2 aromatic carbocycles. The molecule has 1 heterocycles. The highest BCUT2D eigenvalue weighted by molar-refractivity contribution is 6.05. The van der Waals surface area contributed by atoms with Crippen molar-refractivity contribution < 1.29 is 27.5 Å². The van der Waals surface area contributed by atoms with Gasteiger partial charge in [0.15, 0.2) is 0 Å². The molecule has 2 aromatic rings. The van der Waals surface area contributed by atoms with Crippen molar-refractivity contribution in [3.05, 3.63) is 53.6 Å². The highest BCUT2D eigenvalue weighted by atomic mass is 19.4. The van der Waals surface area contributed by atoms with Gasteiger partial charge in [0.1, 0.15) is 12.4 Å². The quantitative estimate of drug-likeness (QED) is 0.802. The van der Waals surface area contributed by atoms with Crippen molar-refractivity contribution in [2.75, 3.05) is 23.4 Å². The lowest BCUT2D eigenvalue weighted by atomic mass is 9.93. The van der Waals surface area contributed by atoms with Gasteiger partial charge < -0.3 is 15.0 Å². The summed E-state index contributed by atoms with van der Waals surface area (Å²) in [6.07, 6.45) is -4.53. The Morgan fingerprint density at radius 2 is 1.93 bits per heavy atom. The Hall–Kier alpha value is -3.03. The van der Waals surface area contributed by atoms with Crippen LogP contribution in [0.2, 0.25) is 0 Å². The number of fused-ring (bicyclic) bond motifs is 1. The van der Waals surface area contributed by atoms with Gasteiger partial charge in [0, 0.05) is 23.9 Å². The average molecular weight is 406 g/mol. The molecule has 0 aromatic heterocycles. The van der Waals surface area contributed by atoms with Gasteiger partial charge in [-0.1, -0.05) is 6.07 Å². The third kappa shape index (κ3) is 4.21. The third-order valence-corrected chi connectivity index (χ3v) is 4.69. The first-order valence-corrected chi connectivity index (χ1v) is 9.10. The van der Waals surface area contributed by atoms with Gasteiger partial charge in [-0.05, 0) is 51.1 Å². The zero-order chi connectivity index (χ0) is 21.4. The molecule has 0 bridgehead atoms. The summed E-state index contributed by atoms with van der Waals surface area (Å²) in [5.41, 5.74) is -0.775. The second-order valence-electron chi connectivity index (χ2n) is 7.44. The summed E-state index contributed by atoms with van der Waals surface area (Å²) in [6, 6.07) is 9.01. The molecule has 0 unspecified atom stereocenters. The number of alkyl halides is 3. The summed E-state index contributed by atoms with van der Waals surface area (Å²) in [6.45, 7) is 6.06. The van der Waals surface area contributed by atoms with Gasteiger partial charge in [-0.2, -0.15) is 13.2 Å². The van der Waals surface area contributed by atoms with Gasteiger partial charge in [0.2, 0.25) is 5.91 Å². The lowest BCUT2D eigenvalue weighted by Crippen LogP contribution is -2.42. The summed E-state index contributed by atoms with van der Waals surface area (Å²) in [7, 11) is 0. The predicted octanol–water partition coefficient (Wildman–Crippen LogP) is 4.73. The first kappa shape index (κ1) is 20.7. The molecule has 0 aliphatic carbocycles. The maximum absolute atomic E-state index is 12.9. The van der Waals surface area contributed by atoms with Crippen molar-refractivity contribution in [3.63, 3.8) is 0 Å². The summed E-state index contributed by atoms with van der Waals surface area (Å²) in [4.78, 5) is 26.7. The van der Waals surface area contributed by atoms with Crippen LogP contribution < -0.4 is 15.0 Å². The van der Waals surface area contributed by atoms with Gasteiger partial charge in [-0.15, -0.1) is 0 Å². The van der Waals surface area contributed by atoms with Crippen LogP contribution in [0.3, 0.4) is 0 Å². The number of carbonyl (C=O) groups is 2. The van der Waals surface area contributed by atoms with Gasteiger partial charge in [0.05, 0.1) is 16.7 Å². The minimum atomic E-state index is -4.53. The van der Waals surface area contributed by atoms with Gasteiger partial charge >= 0.3 is 6.18 Å². The summed E-state index contributed by atoms with van der Waals surface area (Å²) in [5.74, 6) is -0.319. The Kier molecular flexibility index (Phi) is 5.30. The Balaban J connectivity index is 1.87. The number of nitrogens with zero attached hydrogens (tertiary/aromatic N) is 1. The number of rotatable bonds is 3. The number of amides is 2. The summed E-state index contributed by atoms with van der Waals surface area (Å²) in [5, 5.41) is 2.58. The molecule has 1 aliphatic heterocycles. The lowest BCUT2D eigenvalue weighted by molar-refractivity contribution is -0.137. The minimum absolute atomic E-state index is 0.0699. The van der Waals surface area contributed by atoms with E-state index in [9.17, 15) is 22.8 Å². The van der Waals surface area contributed by atoms with E-state index in [1.165, 1.54) is 12.1 Å². The highest BCUT2D eigenvalue weighted by Gasteiger charge is 2.37. The number of anilines is 2. The highest BCUT2D eigenvalue weighted by Crippen LogP contribution is 2.38. The monoisotopic (exact) mass is 406 g/mol. The minimum Gasteiger partial charge on any atom is -0.490 e. The van der Waals surface area contributed by atoms with Gasteiger partial charge in [-0.25, -0.2) is 0 Å². The Bertz CT molecular complexity index is 954. The van der Waals surface area contributed by atoms with Crippen LogP contribution in [0.5, 0.6) is 5.75 Å². The number of nitrogens with one attached hydrogen (secondary N) is 1. The molecule has 8 heteroatoms. The van der Waals surface area contributed by atoms with E-state index in [1.54, 1.807) is 36.9 Å². The fourth-order valence-corrected chi connectivity index (χ4v) is 3.08. The second-order valence-corrected chi connectivity index (χ2v) is 7.44. The molecule has 0 saturated carbocycles. The van der Waals surface area contributed by atoms with Crippen LogP contribution in [-0.2, 0) is 11.0 Å². The largest absolute Gasteiger partial charge is 0.490 e. The third-order valence-electron chi connectivity index (χ3n) is 4.69. The van der Waals surface area contributed by atoms with Gasteiger partial charge in [-0.3, -0.25) is 9.59 Å². The smallest absolute Gasteiger partial charge is 0.416 e. The first-order valence-electron chi connectivity index (χ1n) is 9.10. The number of hydrogen-bond donors (Lipinski definition) is 1. The molecule has 2 amide bonds. The van der Waals surface area contributed by atoms with Crippen LogP contribution in [0, 0.1) is 5.41 Å². The van der Waals surface area contributed by atoms with Crippen molar-refractivity contribution in [3.8, 4) is 5.75 Å². The lowest BCUT2D eigenvalue weighted by Gasteiger charge is -2.26. The van der Waals surface area contributed by atoms with Crippen molar-refractivity contribution in [1.29, 1.82) is 0 Å². The number of halogens is 3. The molecular weight excluding hydrogens is 385 g/mol. The molecule has 0 saturated heterocycles. The molecule has 29 heavy (non-hydrogen) atoms. The van der Waals surface area contributed by atoms with Crippen LogP contribution in [0.25, 0.3) is 0 Å². The molecule has 154 valence electrons. The van der Waals surface area contributed by atoms with Crippen LogP contribution in [0.4, 0.5) is 24.5 Å². The molecule has 0 fully saturated rings. The number of carbonyl (C=O) groups excluding carboxylic acids is 2. The van der Waals surface area contributed by atoms with Crippen molar-refractivity contribution in [2.45, 2.75) is 26.9 Å². The predicted molar refractivity (Wildman–Crippen MR) is 103 cm³/mol. The normalized spacial score (nSPS) is 15.9. The van der Waals surface area contributed by atoms with Crippen LogP contribution in [-0.4, -0.2) is 25.0 Å². The standard InChI is InChI=1S/C21H21F3N2O3/c1-4-26-16-9-8-15(11-17(16)29-12-20(2,3)19(26)28)25-18(27)13-6-5-7-14(10-13)21(22,23)24/h5-11H,4,12H2,1-3H3,(H,25,27). The fourth-order valence-electron chi connectivity index (χ4n) is 3.08. The summed E-state index contributed by atoms with van der Waals surface area (Å²) >= 11 is 0. The molecule has 5 nitrogen and oxygen atoms in total. The van der Waals surface area contributed by atoms with Crippen LogP contribution >= 0.6 is 0 Å². The van der Waals surface area contributed by atoms with E-state index in [0.717, 1.165) is 12.1 Å². The number of hydrogen-bond acceptors (Lipinski definition) is 3. The Morgan fingerprint density at radius 3 is 2.59 bits per heavy atom. The zero-order valence-electron chi connectivity index (χ0n) is 16.3. The van der Waals surface area contributed by atoms with Crippen LogP contribution in [0.1, 0.15) is 36.7 Å². The van der Waals surface area contributed by atoms with E-state index in [0.29, 0.717) is 23.7 Å². The van der Waals surface area contributed by atoms with E-state index in [4.69, 9.17) is 4.74 Å². The first-order chi connectivity index (χ1) is 13.5. The molecule has 0 atom stereocenters. The fraction of sp³-hybridized carbons (Fsp3) is 0.333. The van der Waals surface area contributed by atoms with E-state index in [-0.39, 0.29) is 18.1 Å².